The molecule has 0 atom stereocenters. The Balaban J connectivity index is 1.45. The number of nitrogens with zero attached hydrogens (tertiary/aromatic N) is 6. The lowest BCUT2D eigenvalue weighted by Crippen LogP contribution is -2.14. The molecule has 0 fully saturated rings. The van der Waals surface area contributed by atoms with Gasteiger partial charge in [0.25, 0.3) is 11.6 Å². The van der Waals surface area contributed by atoms with Crippen LogP contribution in [0.5, 0.6) is 0 Å². The monoisotopic (exact) mass is 461 g/mol. The molecule has 166 valence electrons. The quantitative estimate of drug-likeness (QED) is 0.416. The minimum atomic E-state index is -0.326. The van der Waals surface area contributed by atoms with Gasteiger partial charge in [0.05, 0.1) is 34.6 Å². The summed E-state index contributed by atoms with van der Waals surface area (Å²) < 4.78 is 8.83. The molecule has 1 amide bonds. The molecule has 0 bridgehead atoms. The first-order valence-electron chi connectivity index (χ1n) is 10.2. The lowest BCUT2D eigenvalue weighted by Gasteiger charge is -2.07. The number of carbonyl (C=O) groups excluding carboxylic acids is 1. The average Bonchev–Trinajstić information content (AvgIpc) is 3.48. The zero-order valence-electron chi connectivity index (χ0n) is 18.2. The number of pyridine rings is 1. The number of rotatable bonds is 5. The minimum absolute atomic E-state index is 0.298. The van der Waals surface area contributed by atoms with E-state index < -0.39 is 0 Å². The molecule has 0 aliphatic rings. The van der Waals surface area contributed by atoms with Gasteiger partial charge in [-0.15, -0.1) is 0 Å². The average molecular weight is 462 g/mol. The molecular weight excluding hydrogens is 442 g/mol. The number of benzene rings is 1. The van der Waals surface area contributed by atoms with Gasteiger partial charge < -0.3 is 9.84 Å². The standard InChI is InChI=1S/C23H20ClN7O2/c1-13-18(12-30(3)27-13)19-10-17(21-14(2)29-33-23(21)25-19)22(32)26-20-8-9-31(28-20)11-15-4-6-16(24)7-5-15/h4-10,12H,11H2,1-3H3,(H,26,28,32). The number of nitrogens with one attached hydrogen (secondary N) is 1. The third kappa shape index (κ3) is 4.10. The van der Waals surface area contributed by atoms with Crippen LogP contribution in [0.25, 0.3) is 22.4 Å². The van der Waals surface area contributed by atoms with Crippen LogP contribution in [-0.4, -0.2) is 35.6 Å². The van der Waals surface area contributed by atoms with Crippen LogP contribution in [0.1, 0.15) is 27.3 Å². The number of fused-ring (bicyclic) bond motifs is 1. The van der Waals surface area contributed by atoms with Crippen LogP contribution in [-0.2, 0) is 13.6 Å². The predicted octanol–water partition coefficient (Wildman–Crippen LogP) is 4.39. The Bertz CT molecular complexity index is 1480. The Morgan fingerprint density at radius 3 is 2.64 bits per heavy atom. The molecule has 0 saturated carbocycles. The van der Waals surface area contributed by atoms with E-state index in [4.69, 9.17) is 16.1 Å². The molecule has 1 N–H and O–H groups in total. The van der Waals surface area contributed by atoms with E-state index in [1.54, 1.807) is 34.6 Å². The summed E-state index contributed by atoms with van der Waals surface area (Å²) in [4.78, 5) is 17.8. The van der Waals surface area contributed by atoms with Gasteiger partial charge in [0.2, 0.25) is 0 Å². The zero-order valence-corrected chi connectivity index (χ0v) is 19.0. The van der Waals surface area contributed by atoms with Crippen molar-refractivity contribution in [2.75, 3.05) is 5.32 Å². The number of hydrogen-bond donors (Lipinski definition) is 1. The number of amides is 1. The summed E-state index contributed by atoms with van der Waals surface area (Å²) in [5.74, 6) is 0.111. The van der Waals surface area contributed by atoms with Crippen molar-refractivity contribution in [2.24, 2.45) is 7.05 Å². The van der Waals surface area contributed by atoms with Crippen molar-refractivity contribution >= 4 is 34.4 Å². The summed E-state index contributed by atoms with van der Waals surface area (Å²) >= 11 is 5.95. The van der Waals surface area contributed by atoms with Crippen LogP contribution < -0.4 is 5.32 Å². The molecule has 0 radical (unpaired) electrons. The van der Waals surface area contributed by atoms with Crippen LogP contribution in [0.3, 0.4) is 0 Å². The van der Waals surface area contributed by atoms with E-state index in [0.29, 0.717) is 45.4 Å². The predicted molar refractivity (Wildman–Crippen MR) is 124 cm³/mol. The molecule has 5 aromatic rings. The summed E-state index contributed by atoms with van der Waals surface area (Å²) in [5.41, 5.74) is 4.54. The maximum Gasteiger partial charge on any atom is 0.259 e. The van der Waals surface area contributed by atoms with Gasteiger partial charge in [-0.25, -0.2) is 4.98 Å². The highest BCUT2D eigenvalue weighted by Crippen LogP contribution is 2.29. The van der Waals surface area contributed by atoms with Crippen molar-refractivity contribution < 1.29 is 9.32 Å². The molecule has 9 nitrogen and oxygen atoms in total. The van der Waals surface area contributed by atoms with E-state index >= 15 is 0 Å². The third-order valence-electron chi connectivity index (χ3n) is 5.29. The van der Waals surface area contributed by atoms with Gasteiger partial charge in [0, 0.05) is 36.1 Å². The number of halogens is 1. The highest BCUT2D eigenvalue weighted by molar-refractivity contribution is 6.30. The molecule has 0 spiro atoms. The van der Waals surface area contributed by atoms with Gasteiger partial charge >= 0.3 is 0 Å². The fourth-order valence-corrected chi connectivity index (χ4v) is 3.87. The number of aryl methyl sites for hydroxylation is 3. The molecule has 0 aliphatic carbocycles. The zero-order chi connectivity index (χ0) is 23.1. The Morgan fingerprint density at radius 1 is 1.12 bits per heavy atom. The first kappa shape index (κ1) is 20.9. The van der Waals surface area contributed by atoms with Crippen LogP contribution in [0, 0.1) is 13.8 Å². The number of carbonyl (C=O) groups is 1. The first-order chi connectivity index (χ1) is 15.9. The summed E-state index contributed by atoms with van der Waals surface area (Å²) in [6.45, 7) is 4.22. The maximum absolute atomic E-state index is 13.3. The number of aromatic nitrogens is 6. The lowest BCUT2D eigenvalue weighted by molar-refractivity contribution is 0.102. The molecule has 4 aromatic heterocycles. The van der Waals surface area contributed by atoms with Crippen molar-refractivity contribution in [1.29, 1.82) is 0 Å². The summed E-state index contributed by atoms with van der Waals surface area (Å²) in [7, 11) is 1.83. The Hall–Kier alpha value is -3.98. The smallest absolute Gasteiger partial charge is 0.259 e. The molecule has 4 heterocycles. The maximum atomic E-state index is 13.3. The topological polar surface area (TPSA) is 104 Å². The molecular formula is C23H20ClN7O2. The summed E-state index contributed by atoms with van der Waals surface area (Å²) in [5, 5.41) is 17.0. The highest BCUT2D eigenvalue weighted by atomic mass is 35.5. The normalized spacial score (nSPS) is 11.3. The van der Waals surface area contributed by atoms with E-state index in [1.807, 2.05) is 44.4 Å². The molecule has 0 aliphatic heterocycles. The van der Waals surface area contributed by atoms with Gasteiger partial charge in [-0.05, 0) is 37.6 Å². The van der Waals surface area contributed by atoms with Crippen molar-refractivity contribution in [3.63, 3.8) is 0 Å². The van der Waals surface area contributed by atoms with Crippen LogP contribution in [0.2, 0.25) is 5.02 Å². The largest absolute Gasteiger partial charge is 0.335 e. The third-order valence-corrected chi connectivity index (χ3v) is 5.54. The SMILES string of the molecule is Cc1nn(C)cc1-c1cc(C(=O)Nc2ccn(Cc3ccc(Cl)cc3)n2)c2c(C)noc2n1. The van der Waals surface area contributed by atoms with Gasteiger partial charge in [-0.3, -0.25) is 14.2 Å². The second-order valence-corrected chi connectivity index (χ2v) is 8.22. The Kier molecular flexibility index (Phi) is 5.18. The molecule has 0 unspecified atom stereocenters. The molecule has 5 rings (SSSR count). The van der Waals surface area contributed by atoms with Crippen LogP contribution in [0.4, 0.5) is 5.82 Å². The fourth-order valence-electron chi connectivity index (χ4n) is 3.74. The van der Waals surface area contributed by atoms with Crippen LogP contribution >= 0.6 is 11.6 Å². The molecule has 0 saturated heterocycles. The summed E-state index contributed by atoms with van der Waals surface area (Å²) in [6.07, 6.45) is 3.66. The van der Waals surface area contributed by atoms with Crippen molar-refractivity contribution in [2.45, 2.75) is 20.4 Å². The van der Waals surface area contributed by atoms with Crippen molar-refractivity contribution in [3.8, 4) is 11.3 Å². The van der Waals surface area contributed by atoms with Gasteiger partial charge in [0.1, 0.15) is 0 Å². The fraction of sp³-hybridized carbons (Fsp3) is 0.174. The Labute approximate surface area is 194 Å². The van der Waals surface area contributed by atoms with E-state index in [0.717, 1.165) is 16.8 Å². The van der Waals surface area contributed by atoms with Gasteiger partial charge in [-0.1, -0.05) is 28.9 Å². The van der Waals surface area contributed by atoms with E-state index in [9.17, 15) is 4.79 Å². The highest BCUT2D eigenvalue weighted by Gasteiger charge is 2.21. The Morgan fingerprint density at radius 2 is 1.91 bits per heavy atom. The summed E-state index contributed by atoms with van der Waals surface area (Å²) in [6, 6.07) is 11.0. The molecule has 1 aromatic carbocycles. The second kappa shape index (κ2) is 8.18. The first-order valence-corrected chi connectivity index (χ1v) is 10.6. The van der Waals surface area contributed by atoms with E-state index in [2.05, 4.69) is 25.7 Å². The van der Waals surface area contributed by atoms with Crippen molar-refractivity contribution in [3.05, 3.63) is 76.3 Å². The minimum Gasteiger partial charge on any atom is -0.335 e. The second-order valence-electron chi connectivity index (χ2n) is 7.78. The van der Waals surface area contributed by atoms with Gasteiger partial charge in [-0.2, -0.15) is 10.2 Å². The number of hydrogen-bond acceptors (Lipinski definition) is 6. The number of anilines is 1. The van der Waals surface area contributed by atoms with Crippen LogP contribution in [0.15, 0.2) is 53.3 Å². The lowest BCUT2D eigenvalue weighted by atomic mass is 10.1. The molecule has 33 heavy (non-hydrogen) atoms. The van der Waals surface area contributed by atoms with E-state index in [1.165, 1.54) is 0 Å². The van der Waals surface area contributed by atoms with Gasteiger partial charge in [0.15, 0.2) is 5.82 Å². The molecule has 10 heteroatoms. The van der Waals surface area contributed by atoms with E-state index in [-0.39, 0.29) is 5.91 Å². The van der Waals surface area contributed by atoms with Crippen molar-refractivity contribution in [1.82, 2.24) is 29.7 Å².